The predicted octanol–water partition coefficient (Wildman–Crippen LogP) is 3.97. The van der Waals surface area contributed by atoms with Crippen molar-refractivity contribution in [3.8, 4) is 5.75 Å². The highest BCUT2D eigenvalue weighted by molar-refractivity contribution is 8.01. The zero-order valence-corrected chi connectivity index (χ0v) is 13.0. The molecule has 0 fully saturated rings. The Kier molecular flexibility index (Phi) is 5.24. The zero-order chi connectivity index (χ0) is 13.7. The van der Waals surface area contributed by atoms with Crippen LogP contribution in [0.15, 0.2) is 39.0 Å². The first-order valence-electron chi connectivity index (χ1n) is 6.23. The van der Waals surface area contributed by atoms with Gasteiger partial charge in [0, 0.05) is 28.1 Å². The number of thiazole rings is 1. The molecule has 1 atom stereocenters. The van der Waals surface area contributed by atoms with E-state index in [-0.39, 0.29) is 6.04 Å². The minimum Gasteiger partial charge on any atom is -0.496 e. The molecule has 2 aromatic rings. The third-order valence-electron chi connectivity index (χ3n) is 2.80. The summed E-state index contributed by atoms with van der Waals surface area (Å²) in [6.45, 7) is 5.20. The maximum atomic E-state index is 5.50. The Labute approximate surface area is 122 Å². The van der Waals surface area contributed by atoms with Crippen molar-refractivity contribution in [2.24, 2.45) is 0 Å². The molecule has 0 spiro atoms. The maximum absolute atomic E-state index is 5.50. The van der Waals surface area contributed by atoms with Crippen molar-refractivity contribution in [1.29, 1.82) is 0 Å². The van der Waals surface area contributed by atoms with Crippen LogP contribution in [0.4, 0.5) is 0 Å². The van der Waals surface area contributed by atoms with Crippen molar-refractivity contribution >= 4 is 23.1 Å². The normalized spacial score (nSPS) is 12.4. The van der Waals surface area contributed by atoms with Crippen LogP contribution in [0.2, 0.25) is 0 Å². The van der Waals surface area contributed by atoms with Crippen LogP contribution < -0.4 is 10.1 Å². The lowest BCUT2D eigenvalue weighted by Crippen LogP contribution is -2.19. The van der Waals surface area contributed by atoms with Crippen LogP contribution in [0.5, 0.6) is 5.75 Å². The Bertz CT molecular complexity index is 514. The number of hydrogen-bond acceptors (Lipinski definition) is 5. The summed E-state index contributed by atoms with van der Waals surface area (Å²) < 4.78 is 6.56. The highest BCUT2D eigenvalue weighted by Crippen LogP contribution is 2.38. The number of aromatic nitrogens is 1. The van der Waals surface area contributed by atoms with Crippen LogP contribution in [0.1, 0.15) is 25.5 Å². The molecule has 0 radical (unpaired) electrons. The summed E-state index contributed by atoms with van der Waals surface area (Å²) in [6.07, 6.45) is 1.83. The quantitative estimate of drug-likeness (QED) is 0.874. The summed E-state index contributed by atoms with van der Waals surface area (Å²) >= 11 is 3.35. The van der Waals surface area contributed by atoms with E-state index in [0.717, 1.165) is 16.6 Å². The van der Waals surface area contributed by atoms with Gasteiger partial charge in [-0.15, -0.1) is 11.3 Å². The molecule has 102 valence electrons. The van der Waals surface area contributed by atoms with E-state index in [1.165, 1.54) is 10.5 Å². The van der Waals surface area contributed by atoms with Gasteiger partial charge in [-0.1, -0.05) is 24.8 Å². The fraction of sp³-hybridized carbons (Fsp3) is 0.357. The molecule has 1 N–H and O–H groups in total. The van der Waals surface area contributed by atoms with Crippen molar-refractivity contribution in [1.82, 2.24) is 10.3 Å². The highest BCUT2D eigenvalue weighted by Gasteiger charge is 2.16. The second-order valence-electron chi connectivity index (χ2n) is 4.05. The van der Waals surface area contributed by atoms with E-state index in [0.29, 0.717) is 0 Å². The van der Waals surface area contributed by atoms with Gasteiger partial charge in [0.25, 0.3) is 0 Å². The number of nitrogens with zero attached hydrogens (tertiary/aromatic N) is 1. The minimum atomic E-state index is 0.253. The molecule has 0 aliphatic rings. The fourth-order valence-corrected chi connectivity index (χ4v) is 3.80. The van der Waals surface area contributed by atoms with E-state index in [1.807, 2.05) is 23.7 Å². The molecule has 0 bridgehead atoms. The van der Waals surface area contributed by atoms with Gasteiger partial charge in [0.1, 0.15) is 5.75 Å². The Morgan fingerprint density at radius 1 is 1.47 bits per heavy atom. The van der Waals surface area contributed by atoms with Crippen molar-refractivity contribution in [3.63, 3.8) is 0 Å². The summed E-state index contributed by atoms with van der Waals surface area (Å²) in [5.41, 5.74) is 1.20. The van der Waals surface area contributed by atoms with E-state index in [1.54, 1.807) is 30.2 Å². The first kappa shape index (κ1) is 14.4. The van der Waals surface area contributed by atoms with Gasteiger partial charge in [-0.3, -0.25) is 0 Å². The number of nitrogens with one attached hydrogen (secondary N) is 1. The van der Waals surface area contributed by atoms with Crippen LogP contribution >= 0.6 is 23.1 Å². The summed E-state index contributed by atoms with van der Waals surface area (Å²) in [7, 11) is 1.72. The Balaban J connectivity index is 2.35. The lowest BCUT2D eigenvalue weighted by molar-refractivity contribution is 0.400. The molecule has 0 aliphatic carbocycles. The average molecular weight is 294 g/mol. The van der Waals surface area contributed by atoms with E-state index in [9.17, 15) is 0 Å². The number of hydrogen-bond donors (Lipinski definition) is 1. The molecular formula is C14H18N2OS2. The van der Waals surface area contributed by atoms with Gasteiger partial charge in [-0.05, 0) is 25.6 Å². The molecular weight excluding hydrogens is 276 g/mol. The van der Waals surface area contributed by atoms with E-state index < -0.39 is 0 Å². The molecule has 0 saturated carbocycles. The number of ether oxygens (including phenoxy) is 1. The summed E-state index contributed by atoms with van der Waals surface area (Å²) in [5.74, 6) is 0.926. The molecule has 0 amide bonds. The molecule has 1 unspecified atom stereocenters. The number of methoxy groups -OCH3 is 1. The van der Waals surface area contributed by atoms with Gasteiger partial charge in [0.2, 0.25) is 0 Å². The van der Waals surface area contributed by atoms with Crippen LogP contribution in [0.3, 0.4) is 0 Å². The Morgan fingerprint density at radius 2 is 2.32 bits per heavy atom. The van der Waals surface area contributed by atoms with Gasteiger partial charge < -0.3 is 10.1 Å². The number of rotatable bonds is 6. The van der Waals surface area contributed by atoms with E-state index in [4.69, 9.17) is 4.74 Å². The maximum Gasteiger partial charge on any atom is 0.154 e. The van der Waals surface area contributed by atoms with Gasteiger partial charge in [-0.2, -0.15) is 0 Å². The van der Waals surface area contributed by atoms with E-state index in [2.05, 4.69) is 30.2 Å². The van der Waals surface area contributed by atoms with Crippen LogP contribution in [0.25, 0.3) is 0 Å². The first-order chi connectivity index (χ1) is 9.26. The SMILES string of the molecule is CCNC(C)c1c(OC)cccc1Sc1nccs1. The zero-order valence-electron chi connectivity index (χ0n) is 11.3. The smallest absolute Gasteiger partial charge is 0.154 e. The van der Waals surface area contributed by atoms with Crippen molar-refractivity contribution < 1.29 is 4.74 Å². The lowest BCUT2D eigenvalue weighted by Gasteiger charge is -2.19. The number of benzene rings is 1. The summed E-state index contributed by atoms with van der Waals surface area (Å²) in [4.78, 5) is 5.53. The second kappa shape index (κ2) is 6.93. The van der Waals surface area contributed by atoms with Crippen LogP contribution in [-0.4, -0.2) is 18.6 Å². The molecule has 1 aromatic carbocycles. The van der Waals surface area contributed by atoms with Gasteiger partial charge in [-0.25, -0.2) is 4.98 Å². The Hall–Kier alpha value is -1.04. The third-order valence-corrected chi connectivity index (χ3v) is 4.76. The monoisotopic (exact) mass is 294 g/mol. The van der Waals surface area contributed by atoms with Crippen LogP contribution in [0, 0.1) is 0 Å². The summed E-state index contributed by atoms with van der Waals surface area (Å²) in [5, 5.41) is 5.44. The minimum absolute atomic E-state index is 0.253. The van der Waals surface area contributed by atoms with Gasteiger partial charge in [0.05, 0.1) is 7.11 Å². The Morgan fingerprint density at radius 3 is 2.95 bits per heavy atom. The molecule has 0 aliphatic heterocycles. The molecule has 1 heterocycles. The molecule has 3 nitrogen and oxygen atoms in total. The highest BCUT2D eigenvalue weighted by atomic mass is 32.2. The molecule has 5 heteroatoms. The molecule has 2 rings (SSSR count). The first-order valence-corrected chi connectivity index (χ1v) is 7.93. The predicted molar refractivity (Wildman–Crippen MR) is 81.3 cm³/mol. The van der Waals surface area contributed by atoms with Gasteiger partial charge >= 0.3 is 0 Å². The molecule has 0 saturated heterocycles. The van der Waals surface area contributed by atoms with E-state index >= 15 is 0 Å². The van der Waals surface area contributed by atoms with Crippen molar-refractivity contribution in [2.75, 3.05) is 13.7 Å². The largest absolute Gasteiger partial charge is 0.496 e. The van der Waals surface area contributed by atoms with Crippen molar-refractivity contribution in [3.05, 3.63) is 35.3 Å². The van der Waals surface area contributed by atoms with Gasteiger partial charge in [0.15, 0.2) is 4.34 Å². The summed E-state index contributed by atoms with van der Waals surface area (Å²) in [6, 6.07) is 6.41. The standard InChI is InChI=1S/C14H18N2OS2/c1-4-15-10(2)13-11(17-3)6-5-7-12(13)19-14-16-8-9-18-14/h5-10,15H,4H2,1-3H3. The third kappa shape index (κ3) is 3.49. The molecule has 19 heavy (non-hydrogen) atoms. The topological polar surface area (TPSA) is 34.1 Å². The molecule has 1 aromatic heterocycles. The fourth-order valence-electron chi connectivity index (χ4n) is 1.98. The second-order valence-corrected chi connectivity index (χ2v) is 6.24. The average Bonchev–Trinajstić information content (AvgIpc) is 2.91. The van der Waals surface area contributed by atoms with Crippen LogP contribution in [-0.2, 0) is 0 Å². The van der Waals surface area contributed by atoms with Crippen molar-refractivity contribution in [2.45, 2.75) is 29.1 Å². The lowest BCUT2D eigenvalue weighted by atomic mass is 10.1.